The summed E-state index contributed by atoms with van der Waals surface area (Å²) in [6.07, 6.45) is 6.16. The van der Waals surface area contributed by atoms with Crippen LogP contribution in [0.25, 0.3) is 5.57 Å². The van der Waals surface area contributed by atoms with Gasteiger partial charge < -0.3 is 15.5 Å². The number of rotatable bonds is 8. The molecule has 2 atom stereocenters. The highest BCUT2D eigenvalue weighted by atomic mass is 19.1. The summed E-state index contributed by atoms with van der Waals surface area (Å²) in [5.74, 6) is -0.254. The van der Waals surface area contributed by atoms with Crippen LogP contribution in [0.2, 0.25) is 0 Å². The molecule has 1 aliphatic heterocycles. The topological polar surface area (TPSA) is 44.4 Å². The van der Waals surface area contributed by atoms with Gasteiger partial charge in [-0.2, -0.15) is 0 Å². The van der Waals surface area contributed by atoms with Crippen LogP contribution in [-0.4, -0.2) is 38.0 Å². The molecule has 170 valence electrons. The van der Waals surface area contributed by atoms with Crippen LogP contribution in [0.1, 0.15) is 31.9 Å². The Morgan fingerprint density at radius 1 is 1.12 bits per heavy atom. The summed E-state index contributed by atoms with van der Waals surface area (Å²) in [5.41, 5.74) is 5.10. The zero-order chi connectivity index (χ0) is 23.1. The Kier molecular flexibility index (Phi) is 8.23. The summed E-state index contributed by atoms with van der Waals surface area (Å²) >= 11 is 0. The minimum Gasteiger partial charge on any atom is -0.379 e. The van der Waals surface area contributed by atoms with Crippen molar-refractivity contribution in [1.29, 1.82) is 0 Å². The predicted octanol–water partition coefficient (Wildman–Crippen LogP) is 5.21. The highest BCUT2D eigenvalue weighted by Crippen LogP contribution is 2.24. The molecule has 4 nitrogen and oxygen atoms in total. The molecule has 32 heavy (non-hydrogen) atoms. The fourth-order valence-corrected chi connectivity index (χ4v) is 3.75. The second-order valence-corrected chi connectivity index (χ2v) is 8.56. The van der Waals surface area contributed by atoms with E-state index in [0.717, 1.165) is 48.6 Å². The van der Waals surface area contributed by atoms with Crippen molar-refractivity contribution in [1.82, 2.24) is 5.32 Å². The molecule has 3 rings (SSSR count). The van der Waals surface area contributed by atoms with Crippen LogP contribution in [0.5, 0.6) is 0 Å². The molecule has 0 aromatic heterocycles. The maximum absolute atomic E-state index is 13.4. The monoisotopic (exact) mass is 435 g/mol. The lowest BCUT2D eigenvalue weighted by Crippen LogP contribution is -2.43. The maximum Gasteiger partial charge on any atom is 0.136 e. The van der Waals surface area contributed by atoms with E-state index in [1.807, 2.05) is 19.9 Å². The molecule has 5 heteroatoms. The van der Waals surface area contributed by atoms with E-state index in [-0.39, 0.29) is 23.6 Å². The first-order valence-corrected chi connectivity index (χ1v) is 11.3. The van der Waals surface area contributed by atoms with Gasteiger partial charge >= 0.3 is 0 Å². The van der Waals surface area contributed by atoms with Crippen LogP contribution in [-0.2, 0) is 4.79 Å². The first-order chi connectivity index (χ1) is 15.3. The molecule has 2 unspecified atom stereocenters. The van der Waals surface area contributed by atoms with Gasteiger partial charge in [0.25, 0.3) is 0 Å². The lowest BCUT2D eigenvalue weighted by atomic mass is 9.97. The van der Waals surface area contributed by atoms with Crippen LogP contribution in [0.3, 0.4) is 0 Å². The minimum atomic E-state index is -0.232. The Bertz CT molecular complexity index is 975. The molecule has 0 spiro atoms. The molecule has 1 aliphatic rings. The number of piperazine rings is 1. The van der Waals surface area contributed by atoms with E-state index in [1.54, 1.807) is 13.0 Å². The van der Waals surface area contributed by atoms with E-state index in [1.165, 1.54) is 17.8 Å². The number of nitrogens with one attached hydrogen (secondary N) is 2. The summed E-state index contributed by atoms with van der Waals surface area (Å²) in [7, 11) is 0. The van der Waals surface area contributed by atoms with E-state index < -0.39 is 0 Å². The molecular formula is C27H34FN3O. The third kappa shape index (κ3) is 6.54. The predicted molar refractivity (Wildman–Crippen MR) is 133 cm³/mol. The smallest absolute Gasteiger partial charge is 0.136 e. The summed E-state index contributed by atoms with van der Waals surface area (Å²) in [4.78, 5) is 14.3. The number of halogens is 1. The molecule has 0 aliphatic carbocycles. The second kappa shape index (κ2) is 11.1. The van der Waals surface area contributed by atoms with E-state index >= 15 is 0 Å². The number of carbonyl (C=O) groups excluding carboxylic acids is 1. The lowest BCUT2D eigenvalue weighted by Gasteiger charge is -2.29. The van der Waals surface area contributed by atoms with Crippen molar-refractivity contribution in [2.75, 3.05) is 36.4 Å². The highest BCUT2D eigenvalue weighted by molar-refractivity contribution is 5.84. The number of nitrogens with zero attached hydrogens (tertiary/aromatic N) is 1. The zero-order valence-corrected chi connectivity index (χ0v) is 19.5. The number of ketones is 1. The maximum atomic E-state index is 13.4. The summed E-state index contributed by atoms with van der Waals surface area (Å²) in [6.45, 7) is 11.5. The van der Waals surface area contributed by atoms with E-state index in [9.17, 15) is 9.18 Å². The molecule has 2 aromatic carbocycles. The summed E-state index contributed by atoms with van der Waals surface area (Å²) in [5, 5.41) is 6.79. The number of anilines is 2. The van der Waals surface area contributed by atoms with Gasteiger partial charge in [0.1, 0.15) is 11.6 Å². The van der Waals surface area contributed by atoms with Crippen LogP contribution >= 0.6 is 0 Å². The van der Waals surface area contributed by atoms with Crippen LogP contribution in [0, 0.1) is 18.7 Å². The van der Waals surface area contributed by atoms with Gasteiger partial charge in [0.15, 0.2) is 0 Å². The van der Waals surface area contributed by atoms with Gasteiger partial charge in [0.05, 0.1) is 0 Å². The third-order valence-electron chi connectivity index (χ3n) is 5.89. The van der Waals surface area contributed by atoms with Gasteiger partial charge in [0.2, 0.25) is 0 Å². The first-order valence-electron chi connectivity index (χ1n) is 11.3. The number of Topliss-reactive ketones (excluding diaryl/α,β-unsaturated/α-hetero) is 1. The number of allylic oxidation sites excluding steroid dienone is 3. The molecule has 0 radical (unpaired) electrons. The molecular weight excluding hydrogens is 401 g/mol. The Hall–Kier alpha value is -2.92. The molecule has 0 bridgehead atoms. The van der Waals surface area contributed by atoms with E-state index in [4.69, 9.17) is 0 Å². The van der Waals surface area contributed by atoms with Crippen molar-refractivity contribution in [2.24, 2.45) is 5.92 Å². The standard InChI is InChI=1S/C27H34FN3O/c1-19(22(4)32)17-24(6-5-21(3)30-27-12-9-25(28)18-20(27)2)23-7-10-26(11-8-23)31-15-13-29-14-16-31/h5-12,17-19,21,29-30H,13-16H2,1-4H3/b6-5-,24-17+. The van der Waals surface area contributed by atoms with Crippen LogP contribution in [0.15, 0.2) is 60.7 Å². The first kappa shape index (κ1) is 23.7. The highest BCUT2D eigenvalue weighted by Gasteiger charge is 2.12. The SMILES string of the molecule is CC(=O)C(C)/C=C(\C=C/C(C)Nc1ccc(F)cc1C)c1ccc(N2CCNCC2)cc1. The fourth-order valence-electron chi connectivity index (χ4n) is 3.75. The molecule has 1 fully saturated rings. The quantitative estimate of drug-likeness (QED) is 0.559. The summed E-state index contributed by atoms with van der Waals surface area (Å²) in [6, 6.07) is 13.4. The van der Waals surface area contributed by atoms with E-state index in [0.29, 0.717) is 0 Å². The van der Waals surface area contributed by atoms with E-state index in [2.05, 4.69) is 58.9 Å². The Labute approximate surface area is 191 Å². The van der Waals surface area contributed by atoms with Crippen molar-refractivity contribution in [3.63, 3.8) is 0 Å². The molecule has 1 saturated heterocycles. The number of benzene rings is 2. The van der Waals surface area contributed by atoms with Gasteiger partial charge in [0, 0.05) is 49.5 Å². The average Bonchev–Trinajstić information content (AvgIpc) is 2.79. The van der Waals surface area contributed by atoms with Gasteiger partial charge in [-0.15, -0.1) is 0 Å². The molecule has 1 heterocycles. The van der Waals surface area contributed by atoms with Crippen LogP contribution in [0.4, 0.5) is 15.8 Å². The summed E-state index contributed by atoms with van der Waals surface area (Å²) < 4.78 is 13.4. The zero-order valence-electron chi connectivity index (χ0n) is 19.5. The van der Waals surface area contributed by atoms with Crippen molar-refractivity contribution >= 4 is 22.7 Å². The van der Waals surface area contributed by atoms with Crippen molar-refractivity contribution in [3.05, 3.63) is 77.6 Å². The number of carbonyl (C=O) groups is 1. The molecule has 2 N–H and O–H groups in total. The number of hydrogen-bond acceptors (Lipinski definition) is 4. The Morgan fingerprint density at radius 2 is 1.81 bits per heavy atom. The largest absolute Gasteiger partial charge is 0.379 e. The second-order valence-electron chi connectivity index (χ2n) is 8.56. The normalized spacial score (nSPS) is 16.8. The molecule has 2 aromatic rings. The number of aryl methyl sites for hydroxylation is 1. The van der Waals surface area contributed by atoms with Gasteiger partial charge in [-0.25, -0.2) is 4.39 Å². The number of hydrogen-bond donors (Lipinski definition) is 2. The van der Waals surface area contributed by atoms with Crippen molar-refractivity contribution in [3.8, 4) is 0 Å². The minimum absolute atomic E-state index is 0.0373. The fraction of sp³-hybridized carbons (Fsp3) is 0.370. The lowest BCUT2D eigenvalue weighted by molar-refractivity contribution is -0.118. The molecule has 0 amide bonds. The van der Waals surface area contributed by atoms with Crippen molar-refractivity contribution in [2.45, 2.75) is 33.7 Å². The average molecular weight is 436 g/mol. The van der Waals surface area contributed by atoms with Gasteiger partial charge in [-0.3, -0.25) is 4.79 Å². The third-order valence-corrected chi connectivity index (χ3v) is 5.89. The Morgan fingerprint density at radius 3 is 2.44 bits per heavy atom. The molecule has 0 saturated carbocycles. The Balaban J connectivity index is 1.78. The van der Waals surface area contributed by atoms with Crippen molar-refractivity contribution < 1.29 is 9.18 Å². The van der Waals surface area contributed by atoms with Gasteiger partial charge in [-0.1, -0.05) is 37.3 Å². The van der Waals surface area contributed by atoms with Gasteiger partial charge in [-0.05, 0) is 67.8 Å². The van der Waals surface area contributed by atoms with Crippen LogP contribution < -0.4 is 15.5 Å².